The van der Waals surface area contributed by atoms with Gasteiger partial charge in [0.15, 0.2) is 5.13 Å². The van der Waals surface area contributed by atoms with Gasteiger partial charge in [0.05, 0.1) is 0 Å². The lowest BCUT2D eigenvalue weighted by atomic mass is 10.1. The van der Waals surface area contributed by atoms with Crippen molar-refractivity contribution in [3.05, 3.63) is 40.9 Å². The molecule has 2 amide bonds. The van der Waals surface area contributed by atoms with Crippen molar-refractivity contribution in [3.8, 4) is 0 Å². The molecule has 2 aromatic rings. The van der Waals surface area contributed by atoms with Crippen LogP contribution in [0.25, 0.3) is 0 Å². The Labute approximate surface area is 104 Å². The highest BCUT2D eigenvalue weighted by molar-refractivity contribution is 7.13. The summed E-state index contributed by atoms with van der Waals surface area (Å²) in [6.07, 6.45) is 1.65. The molecule has 17 heavy (non-hydrogen) atoms. The molecular weight excluding hydrogens is 234 g/mol. The smallest absolute Gasteiger partial charge is 0.308 e. The molecule has 4 nitrogen and oxygen atoms in total. The topological polar surface area (TPSA) is 54.0 Å². The van der Waals surface area contributed by atoms with Crippen LogP contribution in [0.5, 0.6) is 0 Å². The number of hydrogen-bond donors (Lipinski definition) is 2. The molecule has 0 saturated heterocycles. The van der Waals surface area contributed by atoms with Crippen LogP contribution in [-0.2, 0) is 0 Å². The summed E-state index contributed by atoms with van der Waals surface area (Å²) in [6, 6.07) is 5.64. The maximum absolute atomic E-state index is 11.6. The molecule has 5 heteroatoms. The van der Waals surface area contributed by atoms with Crippen LogP contribution in [-0.4, -0.2) is 11.0 Å². The highest BCUT2D eigenvalue weighted by atomic mass is 32.1. The van der Waals surface area contributed by atoms with E-state index in [1.165, 1.54) is 11.3 Å². The number of thiazole rings is 1. The lowest BCUT2D eigenvalue weighted by Crippen LogP contribution is -2.19. The predicted molar refractivity (Wildman–Crippen MR) is 70.7 cm³/mol. The molecule has 0 fully saturated rings. The Bertz CT molecular complexity index is 502. The molecule has 2 rings (SSSR count). The zero-order valence-corrected chi connectivity index (χ0v) is 10.5. The second-order valence-corrected chi connectivity index (χ2v) is 4.69. The van der Waals surface area contributed by atoms with Gasteiger partial charge in [-0.15, -0.1) is 11.3 Å². The first kappa shape index (κ1) is 11.6. The van der Waals surface area contributed by atoms with Crippen LogP contribution >= 0.6 is 11.3 Å². The Hall–Kier alpha value is -1.88. The Balaban J connectivity index is 2.03. The summed E-state index contributed by atoms with van der Waals surface area (Å²) in [4.78, 5) is 15.6. The number of aryl methyl sites for hydroxylation is 2. The molecular formula is C12H13N3OS. The Morgan fingerprint density at radius 2 is 1.88 bits per heavy atom. The van der Waals surface area contributed by atoms with Crippen molar-refractivity contribution in [2.75, 3.05) is 10.6 Å². The van der Waals surface area contributed by atoms with Gasteiger partial charge in [0.1, 0.15) is 0 Å². The van der Waals surface area contributed by atoms with Gasteiger partial charge in [-0.25, -0.2) is 9.78 Å². The van der Waals surface area contributed by atoms with Crippen LogP contribution in [0.1, 0.15) is 11.1 Å². The number of aromatic nitrogens is 1. The van der Waals surface area contributed by atoms with E-state index in [0.29, 0.717) is 5.13 Å². The third-order valence-electron chi connectivity index (χ3n) is 2.13. The van der Waals surface area contributed by atoms with Gasteiger partial charge in [-0.05, 0) is 37.1 Å². The zero-order valence-electron chi connectivity index (χ0n) is 9.65. The van der Waals surface area contributed by atoms with E-state index < -0.39 is 0 Å². The first-order chi connectivity index (χ1) is 8.13. The first-order valence-electron chi connectivity index (χ1n) is 5.19. The molecule has 1 aromatic carbocycles. The largest absolute Gasteiger partial charge is 0.325 e. The molecule has 0 bridgehead atoms. The summed E-state index contributed by atoms with van der Waals surface area (Å²) < 4.78 is 0. The molecule has 0 radical (unpaired) electrons. The minimum atomic E-state index is -0.273. The molecule has 2 N–H and O–H groups in total. The second-order valence-electron chi connectivity index (χ2n) is 3.79. The highest BCUT2D eigenvalue weighted by Gasteiger charge is 2.04. The van der Waals surface area contributed by atoms with Crippen molar-refractivity contribution >= 4 is 28.2 Å². The molecule has 0 unspecified atom stereocenters. The summed E-state index contributed by atoms with van der Waals surface area (Å²) in [7, 11) is 0. The number of anilines is 2. The van der Waals surface area contributed by atoms with Gasteiger partial charge in [0.2, 0.25) is 0 Å². The zero-order chi connectivity index (χ0) is 12.3. The number of hydrogen-bond acceptors (Lipinski definition) is 3. The Morgan fingerprint density at radius 3 is 2.47 bits per heavy atom. The molecule has 1 heterocycles. The summed E-state index contributed by atoms with van der Waals surface area (Å²) in [5, 5.41) is 7.85. The van der Waals surface area contributed by atoms with Gasteiger partial charge in [0, 0.05) is 17.3 Å². The number of nitrogens with zero attached hydrogens (tertiary/aromatic N) is 1. The van der Waals surface area contributed by atoms with Crippen LogP contribution < -0.4 is 10.6 Å². The second kappa shape index (κ2) is 4.97. The van der Waals surface area contributed by atoms with Gasteiger partial charge >= 0.3 is 6.03 Å². The monoisotopic (exact) mass is 247 g/mol. The van der Waals surface area contributed by atoms with E-state index in [0.717, 1.165) is 16.8 Å². The van der Waals surface area contributed by atoms with Crippen LogP contribution in [0.15, 0.2) is 29.8 Å². The maximum Gasteiger partial charge on any atom is 0.325 e. The van der Waals surface area contributed by atoms with Gasteiger partial charge < -0.3 is 5.32 Å². The fourth-order valence-electron chi connectivity index (χ4n) is 1.59. The third kappa shape index (κ3) is 3.29. The van der Waals surface area contributed by atoms with Crippen LogP contribution in [0, 0.1) is 13.8 Å². The number of rotatable bonds is 2. The summed E-state index contributed by atoms with van der Waals surface area (Å²) in [6.45, 7) is 3.99. The average molecular weight is 247 g/mol. The van der Waals surface area contributed by atoms with Crippen LogP contribution in [0.2, 0.25) is 0 Å². The van der Waals surface area contributed by atoms with Crippen molar-refractivity contribution < 1.29 is 4.79 Å². The number of carbonyl (C=O) groups excluding carboxylic acids is 1. The lowest BCUT2D eigenvalue weighted by Gasteiger charge is -2.07. The summed E-state index contributed by atoms with van der Waals surface area (Å²) in [5.74, 6) is 0. The molecule has 1 aromatic heterocycles. The molecule has 0 aliphatic carbocycles. The Morgan fingerprint density at radius 1 is 1.18 bits per heavy atom. The van der Waals surface area contributed by atoms with E-state index in [9.17, 15) is 4.79 Å². The average Bonchev–Trinajstić information content (AvgIpc) is 2.67. The minimum absolute atomic E-state index is 0.273. The number of nitrogens with one attached hydrogen (secondary N) is 2. The quantitative estimate of drug-likeness (QED) is 0.854. The van der Waals surface area contributed by atoms with Gasteiger partial charge in [0.25, 0.3) is 0 Å². The van der Waals surface area contributed by atoms with E-state index in [4.69, 9.17) is 0 Å². The van der Waals surface area contributed by atoms with Gasteiger partial charge in [-0.1, -0.05) is 6.07 Å². The van der Waals surface area contributed by atoms with Crippen molar-refractivity contribution in [3.63, 3.8) is 0 Å². The van der Waals surface area contributed by atoms with E-state index in [1.807, 2.05) is 31.4 Å². The molecule has 0 saturated carbocycles. The van der Waals surface area contributed by atoms with Gasteiger partial charge in [-0.3, -0.25) is 5.32 Å². The number of benzene rings is 1. The standard InChI is InChI=1S/C12H13N3OS/c1-8-5-9(2)7-10(6-8)14-11(16)15-12-13-3-4-17-12/h3-7H,1-2H3,(H2,13,14,15,16). The summed E-state index contributed by atoms with van der Waals surface area (Å²) in [5.41, 5.74) is 3.03. The molecule has 0 aliphatic rings. The Kier molecular flexibility index (Phi) is 3.39. The first-order valence-corrected chi connectivity index (χ1v) is 6.07. The number of amides is 2. The van der Waals surface area contributed by atoms with E-state index in [2.05, 4.69) is 21.7 Å². The number of urea groups is 1. The molecule has 88 valence electrons. The normalized spacial score (nSPS) is 10.0. The van der Waals surface area contributed by atoms with Crippen molar-refractivity contribution in [2.24, 2.45) is 0 Å². The minimum Gasteiger partial charge on any atom is -0.308 e. The molecule has 0 aliphatic heterocycles. The van der Waals surface area contributed by atoms with Crippen molar-refractivity contribution in [2.45, 2.75) is 13.8 Å². The maximum atomic E-state index is 11.6. The fourth-order valence-corrected chi connectivity index (χ4v) is 2.12. The summed E-state index contributed by atoms with van der Waals surface area (Å²) >= 11 is 1.39. The van der Waals surface area contributed by atoms with Crippen molar-refractivity contribution in [1.82, 2.24) is 4.98 Å². The van der Waals surface area contributed by atoms with Gasteiger partial charge in [-0.2, -0.15) is 0 Å². The molecule has 0 spiro atoms. The van der Waals surface area contributed by atoms with Crippen molar-refractivity contribution in [1.29, 1.82) is 0 Å². The highest BCUT2D eigenvalue weighted by Crippen LogP contribution is 2.15. The molecule has 0 atom stereocenters. The third-order valence-corrected chi connectivity index (χ3v) is 2.82. The van der Waals surface area contributed by atoms with Crippen LogP contribution in [0.4, 0.5) is 15.6 Å². The van der Waals surface area contributed by atoms with E-state index in [-0.39, 0.29) is 6.03 Å². The SMILES string of the molecule is Cc1cc(C)cc(NC(=O)Nc2nccs2)c1. The number of carbonyl (C=O) groups is 1. The predicted octanol–water partition coefficient (Wildman–Crippen LogP) is 3.40. The lowest BCUT2D eigenvalue weighted by molar-refractivity contribution is 0.262. The fraction of sp³-hybridized carbons (Fsp3) is 0.167. The van der Waals surface area contributed by atoms with E-state index in [1.54, 1.807) is 6.20 Å². The van der Waals surface area contributed by atoms with E-state index >= 15 is 0 Å². The van der Waals surface area contributed by atoms with Crippen LogP contribution in [0.3, 0.4) is 0 Å².